The van der Waals surface area contributed by atoms with Crippen molar-refractivity contribution in [1.82, 2.24) is 0 Å². The molecule has 0 aromatic carbocycles. The molecule has 1 unspecified atom stereocenters. The van der Waals surface area contributed by atoms with Crippen LogP contribution in [0.25, 0.3) is 0 Å². The second kappa shape index (κ2) is 8.30. The second-order valence-electron chi connectivity index (χ2n) is 3.58. The lowest BCUT2D eigenvalue weighted by Gasteiger charge is -2.15. The molecule has 84 valence electrons. The average molecular weight is 208 g/mol. The maximum atomic E-state index is 5.51. The molecule has 15 heavy (non-hydrogen) atoms. The molecule has 0 saturated carbocycles. The van der Waals surface area contributed by atoms with Gasteiger partial charge in [-0.2, -0.15) is 0 Å². The Morgan fingerprint density at radius 3 is 2.80 bits per heavy atom. The van der Waals surface area contributed by atoms with E-state index >= 15 is 0 Å². The minimum absolute atomic E-state index is 0.178. The lowest BCUT2D eigenvalue weighted by Crippen LogP contribution is -2.13. The summed E-state index contributed by atoms with van der Waals surface area (Å²) in [5.74, 6) is 0. The second-order valence-corrected chi connectivity index (χ2v) is 3.58. The van der Waals surface area contributed by atoms with E-state index in [1.54, 1.807) is 6.26 Å². The van der Waals surface area contributed by atoms with E-state index in [0.717, 1.165) is 19.4 Å². The van der Waals surface area contributed by atoms with Crippen molar-refractivity contribution in [2.24, 2.45) is 0 Å². The van der Waals surface area contributed by atoms with Gasteiger partial charge in [0.05, 0.1) is 12.9 Å². The first kappa shape index (κ1) is 12.1. The van der Waals surface area contributed by atoms with Gasteiger partial charge in [-0.05, 0) is 31.4 Å². The van der Waals surface area contributed by atoms with Crippen LogP contribution >= 0.6 is 0 Å². The van der Waals surface area contributed by atoms with Crippen LogP contribution < -0.4 is 0 Å². The molecule has 2 nitrogen and oxygen atoms in total. The van der Waals surface area contributed by atoms with Crippen LogP contribution in [0, 0.1) is 0 Å². The molecule has 1 aliphatic heterocycles. The zero-order valence-corrected chi connectivity index (χ0v) is 9.23. The molecule has 0 bridgehead atoms. The van der Waals surface area contributed by atoms with Gasteiger partial charge in [0.25, 0.3) is 0 Å². The van der Waals surface area contributed by atoms with Gasteiger partial charge in [-0.1, -0.05) is 25.0 Å². The Kier molecular flexibility index (Phi) is 6.67. The number of hydrogen-bond donors (Lipinski definition) is 0. The fourth-order valence-corrected chi connectivity index (χ4v) is 1.41. The molecular weight excluding hydrogens is 188 g/mol. The van der Waals surface area contributed by atoms with Crippen molar-refractivity contribution in [2.75, 3.05) is 6.61 Å². The first-order valence-corrected chi connectivity index (χ1v) is 5.65. The molecule has 1 aliphatic rings. The van der Waals surface area contributed by atoms with Crippen molar-refractivity contribution in [3.63, 3.8) is 0 Å². The Balaban J connectivity index is 1.86. The fraction of sp³-hybridized carbons (Fsp3) is 0.538. The molecule has 1 atom stereocenters. The minimum atomic E-state index is -0.178. The third-order valence-corrected chi connectivity index (χ3v) is 2.26. The SMILES string of the molecule is C=CCCCCCCOC1C=CC=CO1. The largest absolute Gasteiger partial charge is 0.469 e. The maximum absolute atomic E-state index is 5.51. The molecule has 0 amide bonds. The summed E-state index contributed by atoms with van der Waals surface area (Å²) in [4.78, 5) is 0. The summed E-state index contributed by atoms with van der Waals surface area (Å²) in [6.07, 6.45) is 15.1. The topological polar surface area (TPSA) is 18.5 Å². The van der Waals surface area contributed by atoms with Crippen molar-refractivity contribution in [3.05, 3.63) is 37.1 Å². The van der Waals surface area contributed by atoms with Gasteiger partial charge in [-0.3, -0.25) is 0 Å². The van der Waals surface area contributed by atoms with Crippen molar-refractivity contribution in [3.8, 4) is 0 Å². The highest BCUT2D eigenvalue weighted by Crippen LogP contribution is 2.07. The van der Waals surface area contributed by atoms with E-state index in [0.29, 0.717) is 0 Å². The molecule has 1 heterocycles. The minimum Gasteiger partial charge on any atom is -0.469 e. The number of allylic oxidation sites excluding steroid dienone is 3. The van der Waals surface area contributed by atoms with Crippen molar-refractivity contribution < 1.29 is 9.47 Å². The highest BCUT2D eigenvalue weighted by Gasteiger charge is 2.04. The fourth-order valence-electron chi connectivity index (χ4n) is 1.41. The van der Waals surface area contributed by atoms with Crippen LogP contribution in [0.4, 0.5) is 0 Å². The van der Waals surface area contributed by atoms with Gasteiger partial charge in [0.2, 0.25) is 6.29 Å². The molecule has 0 radical (unpaired) electrons. The van der Waals surface area contributed by atoms with Crippen LogP contribution in [0.3, 0.4) is 0 Å². The number of rotatable bonds is 8. The Morgan fingerprint density at radius 1 is 1.20 bits per heavy atom. The number of hydrogen-bond acceptors (Lipinski definition) is 2. The highest BCUT2D eigenvalue weighted by atomic mass is 16.7. The zero-order chi connectivity index (χ0) is 10.8. The Bertz CT molecular complexity index is 219. The van der Waals surface area contributed by atoms with E-state index in [-0.39, 0.29) is 6.29 Å². The van der Waals surface area contributed by atoms with E-state index in [4.69, 9.17) is 9.47 Å². The number of unbranched alkanes of at least 4 members (excludes halogenated alkanes) is 4. The standard InChI is InChI=1S/C13H20O2/c1-2-3-4-5-6-8-11-14-13-10-7-9-12-15-13/h2,7,9-10,12-13H,1,3-6,8,11H2. The van der Waals surface area contributed by atoms with Crippen LogP contribution in [0.2, 0.25) is 0 Å². The first-order chi connectivity index (χ1) is 7.43. The van der Waals surface area contributed by atoms with E-state index in [1.165, 1.54) is 19.3 Å². The summed E-state index contributed by atoms with van der Waals surface area (Å²) in [6, 6.07) is 0. The summed E-state index contributed by atoms with van der Waals surface area (Å²) in [6.45, 7) is 4.48. The predicted molar refractivity (Wildman–Crippen MR) is 62.4 cm³/mol. The molecule has 0 saturated heterocycles. The molecule has 2 heteroatoms. The third-order valence-electron chi connectivity index (χ3n) is 2.26. The Hall–Kier alpha value is -1.02. The first-order valence-electron chi connectivity index (χ1n) is 5.65. The summed E-state index contributed by atoms with van der Waals surface area (Å²) in [5, 5.41) is 0. The van der Waals surface area contributed by atoms with Crippen LogP contribution in [0.1, 0.15) is 32.1 Å². The normalized spacial score (nSPS) is 18.8. The highest BCUT2D eigenvalue weighted by molar-refractivity contribution is 5.05. The molecule has 0 N–H and O–H groups in total. The predicted octanol–water partition coefficient (Wildman–Crippen LogP) is 3.57. The molecule has 0 aromatic heterocycles. The molecule has 0 fully saturated rings. The van der Waals surface area contributed by atoms with Crippen LogP contribution in [-0.4, -0.2) is 12.9 Å². The van der Waals surface area contributed by atoms with E-state index in [9.17, 15) is 0 Å². The van der Waals surface area contributed by atoms with Gasteiger partial charge >= 0.3 is 0 Å². The van der Waals surface area contributed by atoms with Crippen molar-refractivity contribution >= 4 is 0 Å². The summed E-state index contributed by atoms with van der Waals surface area (Å²) in [5.41, 5.74) is 0. The quantitative estimate of drug-likeness (QED) is 0.448. The van der Waals surface area contributed by atoms with Gasteiger partial charge < -0.3 is 9.47 Å². The van der Waals surface area contributed by atoms with E-state index < -0.39 is 0 Å². The monoisotopic (exact) mass is 208 g/mol. The zero-order valence-electron chi connectivity index (χ0n) is 9.23. The van der Waals surface area contributed by atoms with Gasteiger partial charge in [0.1, 0.15) is 0 Å². The van der Waals surface area contributed by atoms with Crippen LogP contribution in [-0.2, 0) is 9.47 Å². The van der Waals surface area contributed by atoms with E-state index in [1.807, 2.05) is 24.3 Å². The van der Waals surface area contributed by atoms with Crippen LogP contribution in [0.15, 0.2) is 37.1 Å². The van der Waals surface area contributed by atoms with E-state index in [2.05, 4.69) is 6.58 Å². The lowest BCUT2D eigenvalue weighted by atomic mass is 10.1. The van der Waals surface area contributed by atoms with Crippen LogP contribution in [0.5, 0.6) is 0 Å². The summed E-state index contributed by atoms with van der Waals surface area (Å²) in [7, 11) is 0. The molecule has 0 aliphatic carbocycles. The average Bonchev–Trinajstić information content (AvgIpc) is 2.29. The van der Waals surface area contributed by atoms with Crippen molar-refractivity contribution in [1.29, 1.82) is 0 Å². The number of ether oxygens (including phenoxy) is 2. The molecular formula is C13H20O2. The van der Waals surface area contributed by atoms with Gasteiger partial charge in [-0.15, -0.1) is 6.58 Å². The lowest BCUT2D eigenvalue weighted by molar-refractivity contribution is -0.0750. The Labute approximate surface area is 92.3 Å². The molecule has 1 rings (SSSR count). The smallest absolute Gasteiger partial charge is 0.219 e. The molecule has 0 spiro atoms. The molecule has 0 aromatic rings. The summed E-state index contributed by atoms with van der Waals surface area (Å²) < 4.78 is 10.7. The van der Waals surface area contributed by atoms with Gasteiger partial charge in [0, 0.05) is 0 Å². The Morgan fingerprint density at radius 2 is 2.07 bits per heavy atom. The van der Waals surface area contributed by atoms with Gasteiger partial charge in [-0.25, -0.2) is 0 Å². The van der Waals surface area contributed by atoms with Gasteiger partial charge in [0.15, 0.2) is 0 Å². The maximum Gasteiger partial charge on any atom is 0.219 e. The summed E-state index contributed by atoms with van der Waals surface area (Å²) >= 11 is 0. The van der Waals surface area contributed by atoms with Crippen molar-refractivity contribution in [2.45, 2.75) is 38.4 Å². The third kappa shape index (κ3) is 6.13.